The molecule has 9 rings (SSSR count). The van der Waals surface area contributed by atoms with Gasteiger partial charge in [-0.3, -0.25) is 0 Å². The standard InChI is InChI=1S/3C13H9NOS.Sc/c3*15-11-7-3-1-5-9(11)13-14-10-6-2-4-8-12(10)16-13;/h3*1-8,15H;. The maximum absolute atomic E-state index is 9.76. The van der Waals surface area contributed by atoms with E-state index in [0.29, 0.717) is 0 Å². The van der Waals surface area contributed by atoms with Gasteiger partial charge in [0.25, 0.3) is 0 Å². The van der Waals surface area contributed by atoms with Crippen LogP contribution in [0.4, 0.5) is 0 Å². The summed E-state index contributed by atoms with van der Waals surface area (Å²) >= 11 is 4.78. The molecule has 0 amide bonds. The summed E-state index contributed by atoms with van der Waals surface area (Å²) in [5.41, 5.74) is 5.32. The van der Waals surface area contributed by atoms with Gasteiger partial charge in [-0.25, -0.2) is 15.0 Å². The summed E-state index contributed by atoms with van der Waals surface area (Å²) < 4.78 is 3.42. The molecule has 0 atom stereocenters. The second-order valence-electron chi connectivity index (χ2n) is 10.5. The number of para-hydroxylation sites is 6. The average Bonchev–Trinajstić information content (AvgIpc) is 3.86. The molecule has 9 aromatic rings. The van der Waals surface area contributed by atoms with E-state index in [-0.39, 0.29) is 43.1 Å². The minimum Gasteiger partial charge on any atom is -0.507 e. The fourth-order valence-electron chi connectivity index (χ4n) is 4.93. The summed E-state index contributed by atoms with van der Waals surface area (Å²) in [5.74, 6) is 0.838. The Bertz CT molecular complexity index is 2120. The van der Waals surface area contributed by atoms with Crippen LogP contribution < -0.4 is 0 Å². The minimum atomic E-state index is 0. The van der Waals surface area contributed by atoms with Crippen LogP contribution in [-0.4, -0.2) is 30.3 Å². The van der Waals surface area contributed by atoms with E-state index in [1.807, 2.05) is 127 Å². The van der Waals surface area contributed by atoms with Crippen LogP contribution in [0.3, 0.4) is 0 Å². The number of benzene rings is 6. The van der Waals surface area contributed by atoms with E-state index < -0.39 is 0 Å². The van der Waals surface area contributed by atoms with E-state index in [1.54, 1.807) is 52.2 Å². The second-order valence-corrected chi connectivity index (χ2v) is 13.6. The number of fused-ring (bicyclic) bond motifs is 3. The first-order valence-electron chi connectivity index (χ1n) is 15.0. The van der Waals surface area contributed by atoms with Gasteiger partial charge in [-0.05, 0) is 72.8 Å². The zero-order valence-corrected chi connectivity index (χ0v) is 30.1. The predicted octanol–water partition coefficient (Wildman–Crippen LogP) is 11.0. The Morgan fingerprint density at radius 2 is 0.571 bits per heavy atom. The zero-order chi connectivity index (χ0) is 32.9. The van der Waals surface area contributed by atoms with Crippen molar-refractivity contribution in [2.24, 2.45) is 0 Å². The molecular weight excluding hydrogens is 700 g/mol. The molecule has 0 saturated heterocycles. The first-order valence-corrected chi connectivity index (χ1v) is 17.4. The zero-order valence-electron chi connectivity index (χ0n) is 25.8. The molecule has 6 aromatic carbocycles. The van der Waals surface area contributed by atoms with Crippen LogP contribution in [0.2, 0.25) is 0 Å². The summed E-state index contributed by atoms with van der Waals surface area (Å²) in [6.07, 6.45) is 0. The molecule has 0 saturated carbocycles. The van der Waals surface area contributed by atoms with E-state index in [0.717, 1.165) is 62.4 Å². The molecule has 49 heavy (non-hydrogen) atoms. The number of aromatic nitrogens is 3. The fourth-order valence-corrected chi connectivity index (χ4v) is 7.92. The van der Waals surface area contributed by atoms with Gasteiger partial charge in [-0.2, -0.15) is 0 Å². The van der Waals surface area contributed by atoms with Gasteiger partial charge < -0.3 is 15.3 Å². The molecule has 0 bridgehead atoms. The van der Waals surface area contributed by atoms with Crippen molar-refractivity contribution < 1.29 is 41.2 Å². The number of aromatic hydroxyl groups is 3. The van der Waals surface area contributed by atoms with Gasteiger partial charge in [0.1, 0.15) is 32.3 Å². The predicted molar refractivity (Wildman–Crippen MR) is 200 cm³/mol. The molecule has 1 radical (unpaired) electrons. The van der Waals surface area contributed by atoms with Gasteiger partial charge >= 0.3 is 0 Å². The molecule has 0 aliphatic rings. The molecule has 237 valence electrons. The Kier molecular flexibility index (Phi) is 10.9. The Morgan fingerprint density at radius 3 is 0.837 bits per heavy atom. The van der Waals surface area contributed by atoms with Gasteiger partial charge in [-0.1, -0.05) is 72.8 Å². The van der Waals surface area contributed by atoms with Crippen LogP contribution in [-0.2, 0) is 25.8 Å². The number of nitrogens with zero attached hydrogens (tertiary/aromatic N) is 3. The first kappa shape index (κ1) is 34.1. The Hall–Kier alpha value is -4.74. The maximum Gasteiger partial charge on any atom is 0.128 e. The smallest absolute Gasteiger partial charge is 0.128 e. The Morgan fingerprint density at radius 1 is 0.327 bits per heavy atom. The van der Waals surface area contributed by atoms with Crippen molar-refractivity contribution in [1.29, 1.82) is 0 Å². The van der Waals surface area contributed by atoms with Crippen LogP contribution in [0.1, 0.15) is 0 Å². The minimum absolute atomic E-state index is 0. The van der Waals surface area contributed by atoms with E-state index in [2.05, 4.69) is 15.0 Å². The number of hydrogen-bond donors (Lipinski definition) is 3. The summed E-state index contributed by atoms with van der Waals surface area (Å²) in [7, 11) is 0. The number of hydrogen-bond acceptors (Lipinski definition) is 9. The quantitative estimate of drug-likeness (QED) is 0.168. The normalized spacial score (nSPS) is 10.5. The molecule has 0 fully saturated rings. The molecule has 0 aliphatic heterocycles. The van der Waals surface area contributed by atoms with E-state index in [4.69, 9.17) is 0 Å². The summed E-state index contributed by atoms with van der Waals surface area (Å²) in [4.78, 5) is 13.5. The Labute approximate surface area is 313 Å². The number of rotatable bonds is 3. The molecule has 3 N–H and O–H groups in total. The number of phenolic OH excluding ortho intramolecular Hbond substituents is 3. The van der Waals surface area contributed by atoms with Crippen LogP contribution in [0.15, 0.2) is 146 Å². The van der Waals surface area contributed by atoms with Crippen molar-refractivity contribution in [1.82, 2.24) is 15.0 Å². The van der Waals surface area contributed by atoms with E-state index in [1.165, 1.54) is 0 Å². The largest absolute Gasteiger partial charge is 0.507 e. The average molecular weight is 727 g/mol. The molecule has 0 spiro atoms. The van der Waals surface area contributed by atoms with E-state index in [9.17, 15) is 15.3 Å². The third-order valence-electron chi connectivity index (χ3n) is 7.29. The van der Waals surface area contributed by atoms with Gasteiger partial charge in [0, 0.05) is 25.8 Å². The third kappa shape index (κ3) is 7.79. The third-order valence-corrected chi connectivity index (χ3v) is 10.5. The van der Waals surface area contributed by atoms with Crippen LogP contribution in [0.25, 0.3) is 62.4 Å². The van der Waals surface area contributed by atoms with Crippen LogP contribution in [0.5, 0.6) is 17.2 Å². The van der Waals surface area contributed by atoms with Crippen molar-refractivity contribution in [3.05, 3.63) is 146 Å². The fraction of sp³-hybridized carbons (Fsp3) is 0. The number of thiazole rings is 3. The van der Waals surface area contributed by atoms with Crippen LogP contribution >= 0.6 is 34.0 Å². The maximum atomic E-state index is 9.76. The number of phenols is 3. The van der Waals surface area contributed by atoms with Crippen molar-refractivity contribution in [2.75, 3.05) is 0 Å². The molecule has 10 heteroatoms. The van der Waals surface area contributed by atoms with Gasteiger partial charge in [-0.15, -0.1) is 34.0 Å². The summed E-state index contributed by atoms with van der Waals surface area (Å²) in [6.45, 7) is 0. The van der Waals surface area contributed by atoms with Gasteiger partial charge in [0.15, 0.2) is 0 Å². The second kappa shape index (κ2) is 15.7. The molecule has 3 heterocycles. The summed E-state index contributed by atoms with van der Waals surface area (Å²) in [5, 5.41) is 31.8. The molecule has 3 aromatic heterocycles. The van der Waals surface area contributed by atoms with Crippen molar-refractivity contribution >= 4 is 64.7 Å². The Balaban J connectivity index is 0.000000126. The van der Waals surface area contributed by atoms with Crippen molar-refractivity contribution in [2.45, 2.75) is 0 Å². The van der Waals surface area contributed by atoms with Crippen molar-refractivity contribution in [3.63, 3.8) is 0 Å². The molecule has 0 aliphatic carbocycles. The molecule has 6 nitrogen and oxygen atoms in total. The SMILES string of the molecule is Oc1ccccc1-c1nc2ccccc2s1.Oc1ccccc1-c1nc2ccccc2s1.Oc1ccccc1-c1nc2ccccc2s1.[Sc]. The topological polar surface area (TPSA) is 99.4 Å². The monoisotopic (exact) mass is 726 g/mol. The molecule has 0 unspecified atom stereocenters. The van der Waals surface area contributed by atoms with Gasteiger partial charge in [0.2, 0.25) is 0 Å². The van der Waals surface area contributed by atoms with Crippen LogP contribution in [0, 0.1) is 0 Å². The summed E-state index contributed by atoms with van der Waals surface area (Å²) in [6, 6.07) is 45.8. The van der Waals surface area contributed by atoms with Crippen molar-refractivity contribution in [3.8, 4) is 49.0 Å². The van der Waals surface area contributed by atoms with E-state index >= 15 is 0 Å². The first-order chi connectivity index (χ1) is 23.5. The van der Waals surface area contributed by atoms with Gasteiger partial charge in [0.05, 0.1) is 47.3 Å². The molecular formula is C39H27N3O3S3Sc.